The second-order valence-electron chi connectivity index (χ2n) is 5.87. The highest BCUT2D eigenvalue weighted by molar-refractivity contribution is 6.02. The van der Waals surface area contributed by atoms with E-state index in [1.54, 1.807) is 25.3 Å². The second-order valence-corrected chi connectivity index (χ2v) is 5.87. The zero-order valence-electron chi connectivity index (χ0n) is 15.1. The van der Waals surface area contributed by atoms with Crippen molar-refractivity contribution in [1.82, 2.24) is 0 Å². The number of hydrogen-bond donors (Lipinski definition) is 1. The zero-order valence-corrected chi connectivity index (χ0v) is 15.1. The molecule has 4 nitrogen and oxygen atoms in total. The summed E-state index contributed by atoms with van der Waals surface area (Å²) in [6.45, 7) is 0.525. The van der Waals surface area contributed by atoms with Gasteiger partial charge in [0.05, 0.1) is 12.8 Å². The predicted octanol–water partition coefficient (Wildman–Crippen LogP) is 4.93. The summed E-state index contributed by atoms with van der Waals surface area (Å²) in [5.41, 5.74) is 2.67. The quantitative estimate of drug-likeness (QED) is 0.609. The van der Waals surface area contributed by atoms with Crippen molar-refractivity contribution in [2.45, 2.75) is 6.61 Å². The van der Waals surface area contributed by atoms with E-state index in [0.29, 0.717) is 18.0 Å². The summed E-state index contributed by atoms with van der Waals surface area (Å²) < 4.78 is 11.0. The van der Waals surface area contributed by atoms with E-state index < -0.39 is 0 Å². The third kappa shape index (κ3) is 5.47. The summed E-state index contributed by atoms with van der Waals surface area (Å²) in [6, 6.07) is 24.9. The molecule has 3 aromatic rings. The monoisotopic (exact) mass is 359 g/mol. The largest absolute Gasteiger partial charge is 0.495 e. The van der Waals surface area contributed by atoms with E-state index in [1.807, 2.05) is 66.7 Å². The van der Waals surface area contributed by atoms with Gasteiger partial charge < -0.3 is 14.8 Å². The van der Waals surface area contributed by atoms with Gasteiger partial charge in [0.25, 0.3) is 0 Å². The van der Waals surface area contributed by atoms with Crippen molar-refractivity contribution < 1.29 is 14.3 Å². The molecule has 0 aliphatic rings. The number of methoxy groups -OCH3 is 1. The lowest BCUT2D eigenvalue weighted by atomic mass is 10.2. The Morgan fingerprint density at radius 2 is 1.63 bits per heavy atom. The molecule has 0 saturated heterocycles. The maximum Gasteiger partial charge on any atom is 0.248 e. The Bertz CT molecular complexity index is 902. The van der Waals surface area contributed by atoms with E-state index in [2.05, 4.69) is 5.32 Å². The highest BCUT2D eigenvalue weighted by Crippen LogP contribution is 2.23. The smallest absolute Gasteiger partial charge is 0.248 e. The van der Waals surface area contributed by atoms with E-state index in [9.17, 15) is 4.79 Å². The van der Waals surface area contributed by atoms with Crippen molar-refractivity contribution >= 4 is 17.7 Å². The molecule has 136 valence electrons. The van der Waals surface area contributed by atoms with Gasteiger partial charge in [-0.1, -0.05) is 54.6 Å². The standard InChI is InChI=1S/C23H21NO3/c1-26-22-10-6-5-9-21(22)24-23(25)16-13-18-11-14-20(15-12-18)27-17-19-7-3-2-4-8-19/h2-16H,17H2,1H3,(H,24,25). The number of nitrogens with one attached hydrogen (secondary N) is 1. The summed E-state index contributed by atoms with van der Waals surface area (Å²) in [7, 11) is 1.57. The average molecular weight is 359 g/mol. The highest BCUT2D eigenvalue weighted by atomic mass is 16.5. The number of ether oxygens (including phenoxy) is 2. The molecule has 27 heavy (non-hydrogen) atoms. The number of benzene rings is 3. The number of para-hydroxylation sites is 2. The number of hydrogen-bond acceptors (Lipinski definition) is 3. The maximum atomic E-state index is 12.1. The molecule has 3 aromatic carbocycles. The Morgan fingerprint density at radius 3 is 2.37 bits per heavy atom. The highest BCUT2D eigenvalue weighted by Gasteiger charge is 2.04. The molecule has 0 saturated carbocycles. The molecule has 4 heteroatoms. The van der Waals surface area contributed by atoms with Crippen molar-refractivity contribution in [2.75, 3.05) is 12.4 Å². The molecule has 0 bridgehead atoms. The first-order valence-corrected chi connectivity index (χ1v) is 8.63. The van der Waals surface area contributed by atoms with Gasteiger partial charge in [-0.3, -0.25) is 4.79 Å². The fraction of sp³-hybridized carbons (Fsp3) is 0.0870. The molecule has 0 aliphatic carbocycles. The summed E-state index contributed by atoms with van der Waals surface area (Å²) in [4.78, 5) is 12.1. The van der Waals surface area contributed by atoms with Crippen LogP contribution in [-0.4, -0.2) is 13.0 Å². The SMILES string of the molecule is COc1ccccc1NC(=O)C=Cc1ccc(OCc2ccccc2)cc1. The molecule has 1 N–H and O–H groups in total. The molecule has 0 atom stereocenters. The third-order valence-corrected chi connectivity index (χ3v) is 3.92. The van der Waals surface area contributed by atoms with Crippen molar-refractivity contribution in [1.29, 1.82) is 0 Å². The van der Waals surface area contributed by atoms with Gasteiger partial charge in [-0.25, -0.2) is 0 Å². The van der Waals surface area contributed by atoms with E-state index >= 15 is 0 Å². The minimum Gasteiger partial charge on any atom is -0.495 e. The zero-order chi connectivity index (χ0) is 18.9. The normalized spacial score (nSPS) is 10.6. The Balaban J connectivity index is 1.55. The number of amides is 1. The van der Waals surface area contributed by atoms with Gasteiger partial charge in [0.1, 0.15) is 18.1 Å². The number of rotatable bonds is 7. The van der Waals surface area contributed by atoms with E-state index in [0.717, 1.165) is 16.9 Å². The molecule has 0 aromatic heterocycles. The van der Waals surface area contributed by atoms with Crippen LogP contribution in [0.4, 0.5) is 5.69 Å². The minimum absolute atomic E-state index is 0.219. The summed E-state index contributed by atoms with van der Waals surface area (Å²) in [5.74, 6) is 1.19. The van der Waals surface area contributed by atoms with Crippen LogP contribution in [0.2, 0.25) is 0 Å². The van der Waals surface area contributed by atoms with Crippen molar-refractivity contribution in [2.24, 2.45) is 0 Å². The van der Waals surface area contributed by atoms with Crippen molar-refractivity contribution in [3.63, 3.8) is 0 Å². The van der Waals surface area contributed by atoms with Gasteiger partial charge in [-0.05, 0) is 41.5 Å². The van der Waals surface area contributed by atoms with Gasteiger partial charge in [-0.2, -0.15) is 0 Å². The van der Waals surface area contributed by atoms with E-state index in [1.165, 1.54) is 6.08 Å². The fourth-order valence-corrected chi connectivity index (χ4v) is 2.51. The van der Waals surface area contributed by atoms with Gasteiger partial charge in [0, 0.05) is 6.08 Å². The molecule has 0 spiro atoms. The number of anilines is 1. The molecule has 1 amide bonds. The van der Waals surface area contributed by atoms with Crippen LogP contribution < -0.4 is 14.8 Å². The van der Waals surface area contributed by atoms with Crippen molar-refractivity contribution in [3.05, 3.63) is 96.1 Å². The topological polar surface area (TPSA) is 47.6 Å². The molecular weight excluding hydrogens is 338 g/mol. The van der Waals surface area contributed by atoms with E-state index in [4.69, 9.17) is 9.47 Å². The Hall–Kier alpha value is -3.53. The molecule has 0 heterocycles. The first-order chi connectivity index (χ1) is 13.2. The van der Waals surface area contributed by atoms with Crippen LogP contribution in [0.5, 0.6) is 11.5 Å². The summed E-state index contributed by atoms with van der Waals surface area (Å²) >= 11 is 0. The fourth-order valence-electron chi connectivity index (χ4n) is 2.51. The lowest BCUT2D eigenvalue weighted by Gasteiger charge is -2.08. The first-order valence-electron chi connectivity index (χ1n) is 8.63. The van der Waals surface area contributed by atoms with Crippen LogP contribution in [0.15, 0.2) is 84.9 Å². The Labute approximate surface area is 159 Å². The average Bonchev–Trinajstić information content (AvgIpc) is 2.72. The molecule has 0 unspecified atom stereocenters. The van der Waals surface area contributed by atoms with Gasteiger partial charge >= 0.3 is 0 Å². The molecule has 0 fully saturated rings. The van der Waals surface area contributed by atoms with Crippen LogP contribution >= 0.6 is 0 Å². The van der Waals surface area contributed by atoms with Crippen LogP contribution in [0.3, 0.4) is 0 Å². The van der Waals surface area contributed by atoms with E-state index in [-0.39, 0.29) is 5.91 Å². The lowest BCUT2D eigenvalue weighted by molar-refractivity contribution is -0.111. The Morgan fingerprint density at radius 1 is 0.926 bits per heavy atom. The lowest BCUT2D eigenvalue weighted by Crippen LogP contribution is -2.08. The number of carbonyl (C=O) groups is 1. The van der Waals surface area contributed by atoms with Crippen LogP contribution in [-0.2, 0) is 11.4 Å². The maximum absolute atomic E-state index is 12.1. The Kier molecular flexibility index (Phi) is 6.26. The molecule has 3 rings (SSSR count). The minimum atomic E-state index is -0.219. The molecule has 0 radical (unpaired) electrons. The van der Waals surface area contributed by atoms with Crippen LogP contribution in [0.25, 0.3) is 6.08 Å². The third-order valence-electron chi connectivity index (χ3n) is 3.92. The van der Waals surface area contributed by atoms with Gasteiger partial charge in [0.15, 0.2) is 0 Å². The molecule has 0 aliphatic heterocycles. The predicted molar refractivity (Wildman–Crippen MR) is 108 cm³/mol. The van der Waals surface area contributed by atoms with Crippen LogP contribution in [0.1, 0.15) is 11.1 Å². The second kappa shape index (κ2) is 9.25. The summed E-state index contributed by atoms with van der Waals surface area (Å²) in [5, 5.41) is 2.81. The number of carbonyl (C=O) groups excluding carboxylic acids is 1. The summed E-state index contributed by atoms with van der Waals surface area (Å²) in [6.07, 6.45) is 3.25. The first kappa shape index (κ1) is 18.3. The van der Waals surface area contributed by atoms with Crippen LogP contribution in [0, 0.1) is 0 Å². The van der Waals surface area contributed by atoms with Crippen molar-refractivity contribution in [3.8, 4) is 11.5 Å². The van der Waals surface area contributed by atoms with Gasteiger partial charge in [0.2, 0.25) is 5.91 Å². The van der Waals surface area contributed by atoms with Gasteiger partial charge in [-0.15, -0.1) is 0 Å². The molecular formula is C23H21NO3.